The number of hydrogen-bond acceptors (Lipinski definition) is 3. The first kappa shape index (κ1) is 15.4. The molecule has 1 fully saturated rings. The molecule has 2 unspecified atom stereocenters. The van der Waals surface area contributed by atoms with Crippen LogP contribution in [0.5, 0.6) is 0 Å². The van der Waals surface area contributed by atoms with Crippen LogP contribution in [0.3, 0.4) is 0 Å². The largest absolute Gasteiger partial charge is 0.389 e. The Morgan fingerprint density at radius 2 is 1.95 bits per heavy atom. The van der Waals surface area contributed by atoms with Crippen LogP contribution in [0, 0.1) is 5.92 Å². The predicted octanol–water partition coefficient (Wildman–Crippen LogP) is 2.18. The minimum Gasteiger partial charge on any atom is -0.389 e. The third kappa shape index (κ3) is 3.37. The fourth-order valence-electron chi connectivity index (χ4n) is 2.66. The second-order valence-electron chi connectivity index (χ2n) is 5.35. The van der Waals surface area contributed by atoms with E-state index < -0.39 is 10.0 Å². The smallest absolute Gasteiger partial charge is 0.241 e. The molecule has 0 amide bonds. The Morgan fingerprint density at radius 1 is 1.30 bits per heavy atom. The molecule has 0 aliphatic heterocycles. The molecule has 1 aromatic rings. The highest BCUT2D eigenvalue weighted by Gasteiger charge is 2.28. The van der Waals surface area contributed by atoms with Gasteiger partial charge in [0.1, 0.15) is 4.99 Å². The van der Waals surface area contributed by atoms with E-state index in [0.717, 1.165) is 19.3 Å². The van der Waals surface area contributed by atoms with Crippen LogP contribution in [0.4, 0.5) is 0 Å². The second kappa shape index (κ2) is 6.20. The summed E-state index contributed by atoms with van der Waals surface area (Å²) in [5.74, 6) is 0.357. The zero-order valence-corrected chi connectivity index (χ0v) is 13.1. The number of hydrogen-bond donors (Lipinski definition) is 2. The molecule has 1 aromatic carbocycles. The standard InChI is InChI=1S/C14H20N2O2S2/c1-10-6-2-4-8-12(10)16-20(17,18)13-9-5-3-7-11(13)14(15)19/h3,5,7,9-10,12,16H,2,4,6,8H2,1H3,(H2,15,19). The van der Waals surface area contributed by atoms with Crippen molar-refractivity contribution in [1.82, 2.24) is 4.72 Å². The molecule has 0 heterocycles. The lowest BCUT2D eigenvalue weighted by molar-refractivity contribution is 0.310. The molecule has 3 N–H and O–H groups in total. The van der Waals surface area contributed by atoms with Gasteiger partial charge in [-0.3, -0.25) is 0 Å². The summed E-state index contributed by atoms with van der Waals surface area (Å²) in [5, 5.41) is 0. The first-order valence-corrected chi connectivity index (χ1v) is 8.72. The Labute approximate surface area is 125 Å². The first-order valence-electron chi connectivity index (χ1n) is 6.83. The third-order valence-corrected chi connectivity index (χ3v) is 5.63. The number of thiocarbonyl (C=S) groups is 1. The molecular formula is C14H20N2O2S2. The van der Waals surface area contributed by atoms with Crippen molar-refractivity contribution in [3.63, 3.8) is 0 Å². The molecule has 1 saturated carbocycles. The normalized spacial score (nSPS) is 23.4. The van der Waals surface area contributed by atoms with E-state index in [1.54, 1.807) is 24.3 Å². The Morgan fingerprint density at radius 3 is 2.60 bits per heavy atom. The van der Waals surface area contributed by atoms with E-state index in [1.807, 2.05) is 0 Å². The fraction of sp³-hybridized carbons (Fsp3) is 0.500. The van der Waals surface area contributed by atoms with E-state index in [9.17, 15) is 8.42 Å². The summed E-state index contributed by atoms with van der Waals surface area (Å²) in [4.78, 5) is 0.271. The summed E-state index contributed by atoms with van der Waals surface area (Å²) < 4.78 is 27.9. The lowest BCUT2D eigenvalue weighted by Crippen LogP contribution is -2.41. The molecule has 0 spiro atoms. The monoisotopic (exact) mass is 312 g/mol. The van der Waals surface area contributed by atoms with E-state index in [4.69, 9.17) is 18.0 Å². The highest BCUT2D eigenvalue weighted by atomic mass is 32.2. The molecule has 0 saturated heterocycles. The van der Waals surface area contributed by atoms with Crippen molar-refractivity contribution in [2.45, 2.75) is 43.5 Å². The highest BCUT2D eigenvalue weighted by Crippen LogP contribution is 2.26. The minimum atomic E-state index is -3.59. The van der Waals surface area contributed by atoms with E-state index in [0.29, 0.717) is 11.5 Å². The topological polar surface area (TPSA) is 72.2 Å². The summed E-state index contributed by atoms with van der Waals surface area (Å²) in [6.45, 7) is 2.09. The lowest BCUT2D eigenvalue weighted by atomic mass is 9.87. The van der Waals surface area contributed by atoms with E-state index in [2.05, 4.69) is 11.6 Å². The molecule has 0 radical (unpaired) electrons. The Hall–Kier alpha value is -0.980. The maximum atomic E-state index is 12.5. The predicted molar refractivity (Wildman–Crippen MR) is 84.1 cm³/mol. The Bertz CT molecular complexity index is 599. The SMILES string of the molecule is CC1CCCCC1NS(=O)(=O)c1ccccc1C(N)=S. The quantitative estimate of drug-likeness (QED) is 0.836. The van der Waals surface area contributed by atoms with Crippen LogP contribution in [0.1, 0.15) is 38.2 Å². The van der Waals surface area contributed by atoms with Gasteiger partial charge in [-0.15, -0.1) is 0 Å². The highest BCUT2D eigenvalue weighted by molar-refractivity contribution is 7.89. The van der Waals surface area contributed by atoms with Crippen molar-refractivity contribution in [1.29, 1.82) is 0 Å². The molecule has 0 aromatic heterocycles. The van der Waals surface area contributed by atoms with Gasteiger partial charge in [-0.2, -0.15) is 0 Å². The summed E-state index contributed by atoms with van der Waals surface area (Å²) in [6, 6.07) is 6.59. The Kier molecular flexibility index (Phi) is 4.78. The van der Waals surface area contributed by atoms with Crippen LogP contribution in [0.25, 0.3) is 0 Å². The van der Waals surface area contributed by atoms with Crippen LogP contribution < -0.4 is 10.5 Å². The molecule has 20 heavy (non-hydrogen) atoms. The van der Waals surface area contributed by atoms with E-state index in [1.165, 1.54) is 6.42 Å². The zero-order valence-electron chi connectivity index (χ0n) is 11.5. The molecule has 2 rings (SSSR count). The molecular weight excluding hydrogens is 292 g/mol. The van der Waals surface area contributed by atoms with Crippen molar-refractivity contribution in [2.75, 3.05) is 0 Å². The van der Waals surface area contributed by atoms with Gasteiger partial charge in [-0.05, 0) is 24.8 Å². The number of sulfonamides is 1. The van der Waals surface area contributed by atoms with Gasteiger partial charge in [-0.1, -0.05) is 50.2 Å². The number of rotatable bonds is 4. The lowest BCUT2D eigenvalue weighted by Gasteiger charge is -2.29. The van der Waals surface area contributed by atoms with Crippen molar-refractivity contribution < 1.29 is 8.42 Å². The van der Waals surface area contributed by atoms with Crippen LogP contribution in [-0.2, 0) is 10.0 Å². The number of nitrogens with two attached hydrogens (primary N) is 1. The molecule has 110 valence electrons. The minimum absolute atomic E-state index is 0.00634. The van der Waals surface area contributed by atoms with Crippen LogP contribution in [0.15, 0.2) is 29.2 Å². The first-order chi connectivity index (χ1) is 9.42. The molecule has 2 atom stereocenters. The van der Waals surface area contributed by atoms with Crippen molar-refractivity contribution in [3.05, 3.63) is 29.8 Å². The van der Waals surface area contributed by atoms with Gasteiger partial charge in [-0.25, -0.2) is 13.1 Å². The summed E-state index contributed by atoms with van der Waals surface area (Å²) >= 11 is 4.93. The van der Waals surface area contributed by atoms with Crippen molar-refractivity contribution in [3.8, 4) is 0 Å². The van der Waals surface area contributed by atoms with Crippen molar-refractivity contribution in [2.24, 2.45) is 11.7 Å². The molecule has 6 heteroatoms. The zero-order chi connectivity index (χ0) is 14.8. The van der Waals surface area contributed by atoms with Gasteiger partial charge < -0.3 is 5.73 Å². The van der Waals surface area contributed by atoms with Gasteiger partial charge in [0.25, 0.3) is 0 Å². The van der Waals surface area contributed by atoms with Gasteiger partial charge in [0, 0.05) is 11.6 Å². The van der Waals surface area contributed by atoms with Gasteiger partial charge in [0.2, 0.25) is 10.0 Å². The van der Waals surface area contributed by atoms with Gasteiger partial charge >= 0.3 is 0 Å². The fourth-order valence-corrected chi connectivity index (χ4v) is 4.50. The maximum Gasteiger partial charge on any atom is 0.241 e. The molecule has 4 nitrogen and oxygen atoms in total. The number of nitrogens with one attached hydrogen (secondary N) is 1. The van der Waals surface area contributed by atoms with Crippen LogP contribution >= 0.6 is 12.2 Å². The van der Waals surface area contributed by atoms with Crippen LogP contribution in [0.2, 0.25) is 0 Å². The summed E-state index contributed by atoms with van der Waals surface area (Å²) in [6.07, 6.45) is 4.18. The van der Waals surface area contributed by atoms with E-state index in [-0.39, 0.29) is 15.9 Å². The van der Waals surface area contributed by atoms with Crippen molar-refractivity contribution >= 4 is 27.2 Å². The van der Waals surface area contributed by atoms with E-state index >= 15 is 0 Å². The molecule has 1 aliphatic rings. The average molecular weight is 312 g/mol. The average Bonchev–Trinajstić information content (AvgIpc) is 2.41. The number of benzene rings is 1. The van der Waals surface area contributed by atoms with Gasteiger partial charge in [0.05, 0.1) is 4.90 Å². The summed E-state index contributed by atoms with van der Waals surface area (Å²) in [7, 11) is -3.59. The van der Waals surface area contributed by atoms with Gasteiger partial charge in [0.15, 0.2) is 0 Å². The van der Waals surface area contributed by atoms with Crippen LogP contribution in [-0.4, -0.2) is 19.4 Å². The maximum absolute atomic E-state index is 12.5. The third-order valence-electron chi connectivity index (χ3n) is 3.86. The second-order valence-corrected chi connectivity index (χ2v) is 7.47. The molecule has 1 aliphatic carbocycles. The molecule has 0 bridgehead atoms. The summed E-state index contributed by atoms with van der Waals surface area (Å²) in [5.41, 5.74) is 6.01. The Balaban J connectivity index is 2.29.